The number of nitrogens with one attached hydrogen (secondary N) is 1. The summed E-state index contributed by atoms with van der Waals surface area (Å²) in [4.78, 5) is 23.0. The third kappa shape index (κ3) is 3.01. The van der Waals surface area contributed by atoms with Crippen LogP contribution in [0.3, 0.4) is 0 Å². The van der Waals surface area contributed by atoms with Crippen molar-refractivity contribution in [1.29, 1.82) is 0 Å². The molecule has 0 aliphatic carbocycles. The third-order valence-electron chi connectivity index (χ3n) is 3.33. The molecule has 2 N–H and O–H groups in total. The van der Waals surface area contributed by atoms with Gasteiger partial charge in [-0.25, -0.2) is 4.79 Å². The van der Waals surface area contributed by atoms with Gasteiger partial charge in [-0.2, -0.15) is 0 Å². The van der Waals surface area contributed by atoms with Gasteiger partial charge in [-0.15, -0.1) is 0 Å². The minimum absolute atomic E-state index is 0.0789. The lowest BCUT2D eigenvalue weighted by Crippen LogP contribution is -2.23. The van der Waals surface area contributed by atoms with E-state index in [9.17, 15) is 9.59 Å². The molecule has 0 fully saturated rings. The second-order valence-electron chi connectivity index (χ2n) is 4.85. The van der Waals surface area contributed by atoms with Gasteiger partial charge in [0.1, 0.15) is 5.75 Å². The number of carbonyl (C=O) groups excluding carboxylic acids is 1. The number of methoxy groups -OCH3 is 1. The van der Waals surface area contributed by atoms with Gasteiger partial charge in [0.25, 0.3) is 5.91 Å². The topological polar surface area (TPSA) is 84.9 Å². The highest BCUT2D eigenvalue weighted by atomic mass is 16.5. The molecule has 2 aromatic carbocycles. The summed E-state index contributed by atoms with van der Waals surface area (Å²) in [5.74, 6) is -0.259. The Labute approximate surface area is 132 Å². The molecule has 2 aromatic rings. The Morgan fingerprint density at radius 3 is 2.61 bits per heavy atom. The summed E-state index contributed by atoms with van der Waals surface area (Å²) >= 11 is 0. The van der Waals surface area contributed by atoms with Crippen molar-refractivity contribution < 1.29 is 24.2 Å². The Bertz CT molecular complexity index is 808. The standard InChI is InChI=1S/C17H13NO5/c1-22-12-5-2-10(3-6-12)8-15-16(19)18-13-9-11(17(20)21)4-7-14(13)23-15/h2-9H,1H3,(H,18,19)(H,20,21). The van der Waals surface area contributed by atoms with Crippen molar-refractivity contribution in [2.45, 2.75) is 0 Å². The largest absolute Gasteiger partial charge is 0.497 e. The summed E-state index contributed by atoms with van der Waals surface area (Å²) in [7, 11) is 1.58. The average molecular weight is 311 g/mol. The molecule has 1 amide bonds. The van der Waals surface area contributed by atoms with Crippen LogP contribution in [0.15, 0.2) is 48.2 Å². The van der Waals surface area contributed by atoms with E-state index in [1.807, 2.05) is 0 Å². The highest BCUT2D eigenvalue weighted by molar-refractivity contribution is 6.08. The number of amides is 1. The molecule has 3 rings (SSSR count). The fourth-order valence-electron chi connectivity index (χ4n) is 2.14. The number of anilines is 1. The van der Waals surface area contributed by atoms with Crippen molar-refractivity contribution in [3.63, 3.8) is 0 Å². The van der Waals surface area contributed by atoms with Crippen molar-refractivity contribution in [3.8, 4) is 11.5 Å². The normalized spacial score (nSPS) is 14.7. The fraction of sp³-hybridized carbons (Fsp3) is 0.0588. The molecule has 6 nitrogen and oxygen atoms in total. The van der Waals surface area contributed by atoms with Crippen molar-refractivity contribution in [1.82, 2.24) is 0 Å². The van der Waals surface area contributed by atoms with Crippen LogP contribution >= 0.6 is 0 Å². The zero-order valence-electron chi connectivity index (χ0n) is 12.2. The van der Waals surface area contributed by atoms with Gasteiger partial charge < -0.3 is 19.9 Å². The van der Waals surface area contributed by atoms with Crippen LogP contribution in [0.1, 0.15) is 15.9 Å². The quantitative estimate of drug-likeness (QED) is 0.851. The second kappa shape index (κ2) is 5.84. The van der Waals surface area contributed by atoms with E-state index < -0.39 is 11.9 Å². The maximum Gasteiger partial charge on any atom is 0.335 e. The summed E-state index contributed by atoms with van der Waals surface area (Å²) in [6, 6.07) is 11.4. The Kier molecular flexibility index (Phi) is 3.72. The highest BCUT2D eigenvalue weighted by Crippen LogP contribution is 2.32. The van der Waals surface area contributed by atoms with E-state index in [4.69, 9.17) is 14.6 Å². The molecule has 1 aliphatic rings. The van der Waals surface area contributed by atoms with Crippen LogP contribution in [-0.4, -0.2) is 24.1 Å². The summed E-state index contributed by atoms with van der Waals surface area (Å²) in [6.45, 7) is 0. The van der Waals surface area contributed by atoms with Gasteiger partial charge >= 0.3 is 5.97 Å². The third-order valence-corrected chi connectivity index (χ3v) is 3.33. The number of fused-ring (bicyclic) bond motifs is 1. The van der Waals surface area contributed by atoms with Crippen molar-refractivity contribution in [3.05, 3.63) is 59.4 Å². The molecule has 0 aromatic heterocycles. The number of carboxylic acids is 1. The number of carboxylic acid groups (broad SMARTS) is 1. The maximum atomic E-state index is 12.1. The zero-order chi connectivity index (χ0) is 16.4. The van der Waals surface area contributed by atoms with Gasteiger partial charge in [0.2, 0.25) is 0 Å². The summed E-state index contributed by atoms with van der Waals surface area (Å²) in [6.07, 6.45) is 1.60. The Morgan fingerprint density at radius 1 is 1.22 bits per heavy atom. The first-order valence-corrected chi connectivity index (χ1v) is 6.79. The predicted molar refractivity (Wildman–Crippen MR) is 83.6 cm³/mol. The lowest BCUT2D eigenvalue weighted by Gasteiger charge is -2.20. The summed E-state index contributed by atoms with van der Waals surface area (Å²) in [5.41, 5.74) is 1.19. The van der Waals surface area contributed by atoms with Crippen LogP contribution in [0.2, 0.25) is 0 Å². The van der Waals surface area contributed by atoms with Crippen LogP contribution in [-0.2, 0) is 4.79 Å². The smallest absolute Gasteiger partial charge is 0.335 e. The first kappa shape index (κ1) is 14.6. The first-order valence-electron chi connectivity index (χ1n) is 6.79. The second-order valence-corrected chi connectivity index (χ2v) is 4.85. The maximum absolute atomic E-state index is 12.1. The molecule has 0 saturated carbocycles. The van der Waals surface area contributed by atoms with E-state index in [0.717, 1.165) is 5.56 Å². The highest BCUT2D eigenvalue weighted by Gasteiger charge is 2.23. The summed E-state index contributed by atoms with van der Waals surface area (Å²) < 4.78 is 10.6. The van der Waals surface area contributed by atoms with E-state index in [0.29, 0.717) is 17.2 Å². The molecule has 0 unspecified atom stereocenters. The van der Waals surface area contributed by atoms with Crippen molar-refractivity contribution in [2.24, 2.45) is 0 Å². The van der Waals surface area contributed by atoms with E-state index >= 15 is 0 Å². The predicted octanol–water partition coefficient (Wildman–Crippen LogP) is 2.77. The molecule has 0 bridgehead atoms. The molecule has 0 atom stereocenters. The molecular formula is C17H13NO5. The van der Waals surface area contributed by atoms with Gasteiger partial charge in [0.15, 0.2) is 11.5 Å². The number of benzene rings is 2. The minimum atomic E-state index is -1.07. The van der Waals surface area contributed by atoms with Gasteiger partial charge in [-0.05, 0) is 42.0 Å². The number of aromatic carboxylic acids is 1. The van der Waals surface area contributed by atoms with Crippen LogP contribution < -0.4 is 14.8 Å². The van der Waals surface area contributed by atoms with Gasteiger partial charge in [-0.1, -0.05) is 12.1 Å². The monoisotopic (exact) mass is 311 g/mol. The lowest BCUT2D eigenvalue weighted by molar-refractivity contribution is -0.115. The number of hydrogen-bond acceptors (Lipinski definition) is 4. The van der Waals surface area contributed by atoms with Crippen LogP contribution in [0.5, 0.6) is 11.5 Å². The lowest BCUT2D eigenvalue weighted by atomic mass is 10.1. The van der Waals surface area contributed by atoms with E-state index in [1.165, 1.54) is 18.2 Å². The van der Waals surface area contributed by atoms with Gasteiger partial charge in [-0.3, -0.25) is 4.79 Å². The van der Waals surface area contributed by atoms with Gasteiger partial charge in [0.05, 0.1) is 18.4 Å². The van der Waals surface area contributed by atoms with E-state index in [-0.39, 0.29) is 11.3 Å². The number of rotatable bonds is 3. The molecular weight excluding hydrogens is 298 g/mol. The van der Waals surface area contributed by atoms with Crippen molar-refractivity contribution >= 4 is 23.6 Å². The molecule has 1 aliphatic heterocycles. The first-order chi connectivity index (χ1) is 11.1. The molecule has 1 heterocycles. The van der Waals surface area contributed by atoms with E-state index in [2.05, 4.69) is 5.32 Å². The van der Waals surface area contributed by atoms with Crippen LogP contribution in [0.4, 0.5) is 5.69 Å². The van der Waals surface area contributed by atoms with E-state index in [1.54, 1.807) is 37.5 Å². The SMILES string of the molecule is COc1ccc(C=C2Oc3ccc(C(=O)O)cc3NC2=O)cc1. The van der Waals surface area contributed by atoms with Crippen LogP contribution in [0.25, 0.3) is 6.08 Å². The Morgan fingerprint density at radius 2 is 1.96 bits per heavy atom. The fourth-order valence-corrected chi connectivity index (χ4v) is 2.14. The van der Waals surface area contributed by atoms with Gasteiger partial charge in [0, 0.05) is 0 Å². The summed E-state index contributed by atoms with van der Waals surface area (Å²) in [5, 5.41) is 11.6. The average Bonchev–Trinajstić information content (AvgIpc) is 2.55. The number of ether oxygens (including phenoxy) is 2. The Balaban J connectivity index is 1.89. The molecule has 23 heavy (non-hydrogen) atoms. The molecule has 0 spiro atoms. The molecule has 0 saturated heterocycles. The number of hydrogen-bond donors (Lipinski definition) is 2. The van der Waals surface area contributed by atoms with Crippen molar-refractivity contribution in [2.75, 3.05) is 12.4 Å². The molecule has 6 heteroatoms. The minimum Gasteiger partial charge on any atom is -0.497 e. The molecule has 0 radical (unpaired) electrons. The number of carbonyl (C=O) groups is 2. The Hall–Kier alpha value is -3.28. The zero-order valence-corrected chi connectivity index (χ0v) is 12.2. The molecule has 116 valence electrons. The van der Waals surface area contributed by atoms with Crippen LogP contribution in [0, 0.1) is 0 Å².